The fourth-order valence-corrected chi connectivity index (χ4v) is 5.04. The maximum absolute atomic E-state index is 12.7. The van der Waals surface area contributed by atoms with E-state index in [-0.39, 0.29) is 23.8 Å². The maximum Gasteiger partial charge on any atom is 0.266 e. The van der Waals surface area contributed by atoms with Crippen molar-refractivity contribution in [3.8, 4) is 0 Å². The van der Waals surface area contributed by atoms with Gasteiger partial charge in [0.1, 0.15) is 4.32 Å². The molecule has 1 saturated heterocycles. The first kappa shape index (κ1) is 24.1. The number of sulfonamides is 1. The van der Waals surface area contributed by atoms with E-state index >= 15 is 0 Å². The topological polar surface area (TPSA) is 95.6 Å². The maximum atomic E-state index is 12.7. The predicted octanol–water partition coefficient (Wildman–Crippen LogP) is 3.29. The van der Waals surface area contributed by atoms with Crippen LogP contribution in [0.1, 0.15) is 29.5 Å². The lowest BCUT2D eigenvalue weighted by Gasteiger charge is -2.14. The molecule has 1 aliphatic heterocycles. The largest absolute Gasteiger partial charge is 0.293 e. The molecular weight excluding hydrogens is 466 g/mol. The first-order chi connectivity index (χ1) is 15.2. The summed E-state index contributed by atoms with van der Waals surface area (Å²) in [6.45, 7) is 4.11. The fourth-order valence-electron chi connectivity index (χ4n) is 2.87. The molecule has 3 rings (SSSR count). The van der Waals surface area contributed by atoms with Crippen molar-refractivity contribution in [3.63, 3.8) is 0 Å². The molecule has 1 fully saturated rings. The number of carbonyl (C=O) groups is 2. The average molecular weight is 490 g/mol. The van der Waals surface area contributed by atoms with Crippen molar-refractivity contribution < 1.29 is 18.0 Å². The Bertz CT molecular complexity index is 1160. The second-order valence-electron chi connectivity index (χ2n) is 7.31. The number of amides is 2. The minimum atomic E-state index is -3.85. The summed E-state index contributed by atoms with van der Waals surface area (Å²) in [5.74, 6) is -0.692. The molecular formula is C22H23N3O4S3. The van der Waals surface area contributed by atoms with Gasteiger partial charge in [-0.05, 0) is 44.0 Å². The second-order valence-corrected chi connectivity index (χ2v) is 10.7. The molecule has 168 valence electrons. The van der Waals surface area contributed by atoms with E-state index in [1.165, 1.54) is 28.8 Å². The zero-order valence-electron chi connectivity index (χ0n) is 17.6. The molecule has 2 aromatic carbocycles. The summed E-state index contributed by atoms with van der Waals surface area (Å²) < 4.78 is 24.9. The van der Waals surface area contributed by atoms with Gasteiger partial charge in [-0.15, -0.1) is 4.83 Å². The lowest BCUT2D eigenvalue weighted by molar-refractivity contribution is -0.124. The van der Waals surface area contributed by atoms with Crippen LogP contribution in [-0.2, 0) is 19.6 Å². The van der Waals surface area contributed by atoms with E-state index in [1.54, 1.807) is 18.2 Å². The van der Waals surface area contributed by atoms with Crippen molar-refractivity contribution in [2.24, 2.45) is 0 Å². The molecule has 0 bridgehead atoms. The van der Waals surface area contributed by atoms with Crippen LogP contribution >= 0.6 is 24.0 Å². The molecule has 32 heavy (non-hydrogen) atoms. The monoisotopic (exact) mass is 489 g/mol. The van der Waals surface area contributed by atoms with Crippen molar-refractivity contribution in [2.45, 2.75) is 31.6 Å². The van der Waals surface area contributed by atoms with E-state index in [9.17, 15) is 18.0 Å². The lowest BCUT2D eigenvalue weighted by atomic mass is 10.1. The summed E-state index contributed by atoms with van der Waals surface area (Å²) in [7, 11) is -3.85. The van der Waals surface area contributed by atoms with Crippen LogP contribution < -0.4 is 10.3 Å². The zero-order chi connectivity index (χ0) is 23.3. The number of hydrazine groups is 1. The minimum absolute atomic E-state index is 0.0322. The third-order valence-electron chi connectivity index (χ3n) is 4.69. The molecule has 0 saturated carbocycles. The highest BCUT2D eigenvalue weighted by molar-refractivity contribution is 8.26. The Morgan fingerprint density at radius 1 is 1.06 bits per heavy atom. The molecule has 2 aromatic rings. The molecule has 0 aromatic heterocycles. The summed E-state index contributed by atoms with van der Waals surface area (Å²) >= 11 is 6.54. The van der Waals surface area contributed by atoms with E-state index in [0.717, 1.165) is 16.7 Å². The average Bonchev–Trinajstić information content (AvgIpc) is 3.01. The van der Waals surface area contributed by atoms with Gasteiger partial charge in [0.15, 0.2) is 0 Å². The summed E-state index contributed by atoms with van der Waals surface area (Å²) in [4.78, 5) is 28.8. The molecule has 1 aliphatic rings. The number of benzene rings is 2. The van der Waals surface area contributed by atoms with Crippen molar-refractivity contribution in [2.75, 3.05) is 6.54 Å². The van der Waals surface area contributed by atoms with Gasteiger partial charge in [-0.2, -0.15) is 0 Å². The summed E-state index contributed by atoms with van der Waals surface area (Å²) in [6.07, 6.45) is 2.16. The van der Waals surface area contributed by atoms with Crippen molar-refractivity contribution in [1.82, 2.24) is 15.2 Å². The van der Waals surface area contributed by atoms with Gasteiger partial charge >= 0.3 is 0 Å². The fraction of sp³-hybridized carbons (Fsp3) is 0.227. The number of carbonyl (C=O) groups excluding carboxylic acids is 2. The number of rotatable bonds is 8. The van der Waals surface area contributed by atoms with Crippen LogP contribution in [0.2, 0.25) is 0 Å². The van der Waals surface area contributed by atoms with Crippen LogP contribution in [0.15, 0.2) is 58.3 Å². The normalized spacial score (nSPS) is 15.4. The van der Waals surface area contributed by atoms with Crippen molar-refractivity contribution in [3.05, 3.63) is 70.1 Å². The lowest BCUT2D eigenvalue weighted by Crippen LogP contribution is -2.41. The number of aryl methyl sites for hydroxylation is 2. The highest BCUT2D eigenvalue weighted by atomic mass is 32.2. The van der Waals surface area contributed by atoms with Gasteiger partial charge in [-0.25, -0.2) is 8.42 Å². The number of hydrogen-bond acceptors (Lipinski definition) is 6. The van der Waals surface area contributed by atoms with Gasteiger partial charge in [0.25, 0.3) is 15.9 Å². The molecule has 2 N–H and O–H groups in total. The Balaban J connectivity index is 1.48. The van der Waals surface area contributed by atoms with Gasteiger partial charge in [-0.3, -0.25) is 19.9 Å². The van der Waals surface area contributed by atoms with E-state index in [2.05, 4.69) is 10.3 Å². The molecule has 0 radical (unpaired) electrons. The Hall–Kier alpha value is -2.53. The van der Waals surface area contributed by atoms with E-state index < -0.39 is 15.9 Å². The number of thiocarbonyl (C=S) groups is 1. The molecule has 0 unspecified atom stereocenters. The first-order valence-corrected chi connectivity index (χ1v) is 12.6. The molecule has 7 nitrogen and oxygen atoms in total. The highest BCUT2D eigenvalue weighted by Crippen LogP contribution is 2.32. The van der Waals surface area contributed by atoms with Crippen LogP contribution in [0.3, 0.4) is 0 Å². The number of nitrogens with one attached hydrogen (secondary N) is 2. The zero-order valence-corrected chi connectivity index (χ0v) is 20.1. The first-order valence-electron chi connectivity index (χ1n) is 9.85. The Kier molecular flexibility index (Phi) is 7.83. The van der Waals surface area contributed by atoms with Gasteiger partial charge in [0.2, 0.25) is 5.91 Å². The SMILES string of the molecule is Cc1ccc(/C=C2\SC(=S)N(CCCC(=O)NNS(=O)(=O)c3ccc(C)cc3)C2=O)cc1. The molecule has 0 spiro atoms. The molecule has 2 amide bonds. The second kappa shape index (κ2) is 10.4. The Morgan fingerprint density at radius 2 is 1.66 bits per heavy atom. The smallest absolute Gasteiger partial charge is 0.266 e. The van der Waals surface area contributed by atoms with Crippen molar-refractivity contribution in [1.29, 1.82) is 0 Å². The number of hydrogen-bond donors (Lipinski definition) is 2. The Morgan fingerprint density at radius 3 is 2.28 bits per heavy atom. The van der Waals surface area contributed by atoms with Crippen molar-refractivity contribution >= 4 is 56.2 Å². The number of thioether (sulfide) groups is 1. The van der Waals surface area contributed by atoms with Gasteiger partial charge in [0.05, 0.1) is 9.80 Å². The van der Waals surface area contributed by atoms with Gasteiger partial charge < -0.3 is 0 Å². The molecule has 0 atom stereocenters. The number of nitrogens with zero attached hydrogens (tertiary/aromatic N) is 1. The minimum Gasteiger partial charge on any atom is -0.293 e. The van der Waals surface area contributed by atoms with Crippen LogP contribution in [0.4, 0.5) is 0 Å². The third-order valence-corrected chi connectivity index (χ3v) is 7.33. The third kappa shape index (κ3) is 6.26. The Labute approximate surface area is 197 Å². The van der Waals surface area contributed by atoms with Crippen LogP contribution in [-0.4, -0.2) is 36.0 Å². The molecule has 0 aliphatic carbocycles. The van der Waals surface area contributed by atoms with Gasteiger partial charge in [0, 0.05) is 13.0 Å². The predicted molar refractivity (Wildman–Crippen MR) is 130 cm³/mol. The summed E-state index contributed by atoms with van der Waals surface area (Å²) in [5, 5.41) is 0. The van der Waals surface area contributed by atoms with Crippen LogP contribution in [0, 0.1) is 13.8 Å². The van der Waals surface area contributed by atoms with Gasteiger partial charge in [-0.1, -0.05) is 71.5 Å². The van der Waals surface area contributed by atoms with Crippen LogP contribution in [0.25, 0.3) is 6.08 Å². The van der Waals surface area contributed by atoms with Crippen LogP contribution in [0.5, 0.6) is 0 Å². The van der Waals surface area contributed by atoms with E-state index in [4.69, 9.17) is 12.2 Å². The molecule has 10 heteroatoms. The standard InChI is InChI=1S/C22H23N3O4S3/c1-15-5-9-17(10-6-15)14-19-21(27)25(22(30)31-19)13-3-4-20(26)23-24-32(28,29)18-11-7-16(2)8-12-18/h5-12,14,24H,3-4,13H2,1-2H3,(H,23,26)/b19-14-. The molecule has 1 heterocycles. The summed E-state index contributed by atoms with van der Waals surface area (Å²) in [6, 6.07) is 14.1. The highest BCUT2D eigenvalue weighted by Gasteiger charge is 2.31. The summed E-state index contributed by atoms with van der Waals surface area (Å²) in [5.41, 5.74) is 5.17. The van der Waals surface area contributed by atoms with E-state index in [1.807, 2.05) is 38.1 Å². The quantitative estimate of drug-likeness (QED) is 0.336. The van der Waals surface area contributed by atoms with E-state index in [0.29, 0.717) is 15.6 Å².